The predicted molar refractivity (Wildman–Crippen MR) is 74.9 cm³/mol. The van der Waals surface area contributed by atoms with Crippen LogP contribution in [0.3, 0.4) is 0 Å². The molecule has 0 amide bonds. The van der Waals surface area contributed by atoms with E-state index in [9.17, 15) is 9.59 Å². The molecule has 1 N–H and O–H groups in total. The topological polar surface area (TPSA) is 68.5 Å². The Hall–Kier alpha value is -2.30. The van der Waals surface area contributed by atoms with Crippen molar-refractivity contribution in [2.24, 2.45) is 0 Å². The van der Waals surface area contributed by atoms with Gasteiger partial charge in [-0.2, -0.15) is 0 Å². The number of rotatable bonds is 5. The van der Waals surface area contributed by atoms with Crippen LogP contribution in [0.25, 0.3) is 10.9 Å². The summed E-state index contributed by atoms with van der Waals surface area (Å²) in [5.41, 5.74) is 2.29. The van der Waals surface area contributed by atoms with Crippen molar-refractivity contribution < 1.29 is 19.4 Å². The lowest BCUT2D eigenvalue weighted by Crippen LogP contribution is -2.14. The van der Waals surface area contributed by atoms with E-state index in [2.05, 4.69) is 0 Å². The highest BCUT2D eigenvalue weighted by Gasteiger charge is 2.18. The first-order valence-corrected chi connectivity index (χ1v) is 6.52. The lowest BCUT2D eigenvalue weighted by Gasteiger charge is -2.10. The first-order valence-electron chi connectivity index (χ1n) is 6.52. The summed E-state index contributed by atoms with van der Waals surface area (Å²) in [6.07, 6.45) is -0.0372. The standard InChI is InChI=1S/C15H17NO4/c1-3-20-15(19)12-9-11-6-4-5-10(2)14(11)16(12)8-7-13(17)18/h4-6,9H,3,7-8H2,1-2H3,(H,17,18). The van der Waals surface area contributed by atoms with Crippen molar-refractivity contribution in [3.05, 3.63) is 35.5 Å². The molecule has 1 aromatic carbocycles. The van der Waals surface area contributed by atoms with E-state index in [-0.39, 0.29) is 19.6 Å². The Kier molecular flexibility index (Phi) is 4.08. The van der Waals surface area contributed by atoms with Gasteiger partial charge < -0.3 is 14.4 Å². The molecule has 0 aliphatic heterocycles. The van der Waals surface area contributed by atoms with Gasteiger partial charge in [0.2, 0.25) is 0 Å². The fourth-order valence-electron chi connectivity index (χ4n) is 2.33. The Morgan fingerprint density at radius 2 is 2.10 bits per heavy atom. The minimum atomic E-state index is -0.893. The van der Waals surface area contributed by atoms with Crippen LogP contribution in [0.2, 0.25) is 0 Å². The lowest BCUT2D eigenvalue weighted by molar-refractivity contribution is -0.137. The van der Waals surface area contributed by atoms with Crippen LogP contribution in [0.1, 0.15) is 29.4 Å². The van der Waals surface area contributed by atoms with E-state index in [1.54, 1.807) is 17.6 Å². The third kappa shape index (κ3) is 2.66. The molecule has 5 nitrogen and oxygen atoms in total. The third-order valence-electron chi connectivity index (χ3n) is 3.16. The number of carboxylic acids is 1. The zero-order chi connectivity index (χ0) is 14.7. The number of nitrogens with zero attached hydrogens (tertiary/aromatic N) is 1. The molecule has 106 valence electrons. The maximum absolute atomic E-state index is 12.0. The van der Waals surface area contributed by atoms with Crippen LogP contribution in [-0.4, -0.2) is 28.2 Å². The Morgan fingerprint density at radius 1 is 1.35 bits per heavy atom. The average molecular weight is 275 g/mol. The maximum atomic E-state index is 12.0. The van der Waals surface area contributed by atoms with Crippen LogP contribution in [0.15, 0.2) is 24.3 Å². The fourth-order valence-corrected chi connectivity index (χ4v) is 2.33. The molecule has 1 aromatic heterocycles. The second kappa shape index (κ2) is 5.77. The van der Waals surface area contributed by atoms with Gasteiger partial charge in [-0.15, -0.1) is 0 Å². The average Bonchev–Trinajstić information content (AvgIpc) is 2.76. The molecule has 0 bridgehead atoms. The zero-order valence-electron chi connectivity index (χ0n) is 11.5. The van der Waals surface area contributed by atoms with E-state index in [0.717, 1.165) is 16.5 Å². The number of aliphatic carboxylic acids is 1. The van der Waals surface area contributed by atoms with Gasteiger partial charge in [0, 0.05) is 11.9 Å². The molecule has 2 aromatic rings. The summed E-state index contributed by atoms with van der Waals surface area (Å²) in [4.78, 5) is 22.8. The Labute approximate surface area is 116 Å². The third-order valence-corrected chi connectivity index (χ3v) is 3.16. The minimum absolute atomic E-state index is 0.0372. The number of carboxylic acid groups (broad SMARTS) is 1. The van der Waals surface area contributed by atoms with Crippen molar-refractivity contribution in [3.8, 4) is 0 Å². The van der Waals surface area contributed by atoms with Gasteiger partial charge in [0.15, 0.2) is 0 Å². The van der Waals surface area contributed by atoms with Gasteiger partial charge in [-0.05, 0) is 25.5 Å². The first kappa shape index (κ1) is 14.1. The van der Waals surface area contributed by atoms with Crippen LogP contribution in [-0.2, 0) is 16.1 Å². The molecule has 0 atom stereocenters. The van der Waals surface area contributed by atoms with Gasteiger partial charge in [0.1, 0.15) is 5.69 Å². The van der Waals surface area contributed by atoms with Crippen LogP contribution in [0.4, 0.5) is 0 Å². The van der Waals surface area contributed by atoms with Gasteiger partial charge in [-0.25, -0.2) is 4.79 Å². The fraction of sp³-hybridized carbons (Fsp3) is 0.333. The molecule has 0 saturated heterocycles. The molecule has 1 heterocycles. The smallest absolute Gasteiger partial charge is 0.354 e. The Bertz CT molecular complexity index is 657. The quantitative estimate of drug-likeness (QED) is 0.852. The SMILES string of the molecule is CCOC(=O)c1cc2cccc(C)c2n1CCC(=O)O. The second-order valence-corrected chi connectivity index (χ2v) is 4.56. The first-order chi connectivity index (χ1) is 9.54. The highest BCUT2D eigenvalue weighted by molar-refractivity contribution is 5.96. The van der Waals surface area contributed by atoms with E-state index in [1.165, 1.54) is 0 Å². The number of fused-ring (bicyclic) bond motifs is 1. The highest BCUT2D eigenvalue weighted by atomic mass is 16.5. The van der Waals surface area contributed by atoms with E-state index in [0.29, 0.717) is 5.69 Å². The van der Waals surface area contributed by atoms with Crippen molar-refractivity contribution >= 4 is 22.8 Å². The number of hydrogen-bond acceptors (Lipinski definition) is 3. The van der Waals surface area contributed by atoms with E-state index >= 15 is 0 Å². The molecule has 5 heteroatoms. The molecule has 0 aliphatic carbocycles. The van der Waals surface area contributed by atoms with E-state index < -0.39 is 11.9 Å². The summed E-state index contributed by atoms with van der Waals surface area (Å²) in [5, 5.41) is 9.77. The Balaban J connectivity index is 2.54. The summed E-state index contributed by atoms with van der Waals surface area (Å²) in [6.45, 7) is 4.22. The normalized spacial score (nSPS) is 10.7. The van der Waals surface area contributed by atoms with Crippen molar-refractivity contribution in [3.63, 3.8) is 0 Å². The molecule has 0 fully saturated rings. The minimum Gasteiger partial charge on any atom is -0.481 e. The van der Waals surface area contributed by atoms with Crippen molar-refractivity contribution in [2.75, 3.05) is 6.61 Å². The van der Waals surface area contributed by atoms with Gasteiger partial charge >= 0.3 is 11.9 Å². The number of aryl methyl sites for hydroxylation is 2. The number of para-hydroxylation sites is 1. The highest BCUT2D eigenvalue weighted by Crippen LogP contribution is 2.24. The molecular weight excluding hydrogens is 258 g/mol. The molecule has 0 radical (unpaired) electrons. The van der Waals surface area contributed by atoms with Crippen LogP contribution >= 0.6 is 0 Å². The Morgan fingerprint density at radius 3 is 2.75 bits per heavy atom. The predicted octanol–water partition coefficient (Wildman–Crippen LogP) is 2.60. The number of carbonyl (C=O) groups excluding carboxylic acids is 1. The molecule has 0 spiro atoms. The summed E-state index contributed by atoms with van der Waals surface area (Å²) in [6, 6.07) is 7.51. The number of hydrogen-bond donors (Lipinski definition) is 1. The second-order valence-electron chi connectivity index (χ2n) is 4.56. The van der Waals surface area contributed by atoms with Gasteiger partial charge in [-0.1, -0.05) is 18.2 Å². The molecule has 0 saturated carbocycles. The van der Waals surface area contributed by atoms with Gasteiger partial charge in [-0.3, -0.25) is 4.79 Å². The van der Waals surface area contributed by atoms with E-state index in [1.807, 2.05) is 25.1 Å². The summed E-state index contributed by atoms with van der Waals surface area (Å²) in [7, 11) is 0. The lowest BCUT2D eigenvalue weighted by atomic mass is 10.2. The van der Waals surface area contributed by atoms with Crippen molar-refractivity contribution in [2.45, 2.75) is 26.8 Å². The van der Waals surface area contributed by atoms with Gasteiger partial charge in [0.05, 0.1) is 18.5 Å². The molecule has 20 heavy (non-hydrogen) atoms. The summed E-state index contributed by atoms with van der Waals surface area (Å²) in [5.74, 6) is -1.32. The summed E-state index contributed by atoms with van der Waals surface area (Å²) >= 11 is 0. The molecule has 0 unspecified atom stereocenters. The number of esters is 1. The molecule has 0 aliphatic rings. The number of benzene rings is 1. The molecular formula is C15H17NO4. The van der Waals surface area contributed by atoms with E-state index in [4.69, 9.17) is 9.84 Å². The van der Waals surface area contributed by atoms with Crippen molar-refractivity contribution in [1.82, 2.24) is 4.57 Å². The number of aromatic nitrogens is 1. The number of ether oxygens (including phenoxy) is 1. The summed E-state index contributed by atoms with van der Waals surface area (Å²) < 4.78 is 6.77. The number of carbonyl (C=O) groups is 2. The largest absolute Gasteiger partial charge is 0.481 e. The van der Waals surface area contributed by atoms with Gasteiger partial charge in [0.25, 0.3) is 0 Å². The monoisotopic (exact) mass is 275 g/mol. The maximum Gasteiger partial charge on any atom is 0.354 e. The van der Waals surface area contributed by atoms with Crippen molar-refractivity contribution in [1.29, 1.82) is 0 Å². The molecule has 2 rings (SSSR count). The van der Waals surface area contributed by atoms with Crippen LogP contribution < -0.4 is 0 Å². The zero-order valence-corrected chi connectivity index (χ0v) is 11.5. The van der Waals surface area contributed by atoms with Crippen LogP contribution in [0.5, 0.6) is 0 Å². The van der Waals surface area contributed by atoms with Crippen LogP contribution in [0, 0.1) is 6.92 Å².